The zero-order valence-electron chi connectivity index (χ0n) is 4.56. The Morgan fingerprint density at radius 1 is 1.62 bits per heavy atom. The Bertz CT molecular complexity index is 70.8. The molecule has 0 fully saturated rings. The maximum absolute atomic E-state index is 10.3. The van der Waals surface area contributed by atoms with E-state index in [0.717, 1.165) is 0 Å². The Labute approximate surface area is 50.2 Å². The van der Waals surface area contributed by atoms with Gasteiger partial charge in [-0.2, -0.15) is 0 Å². The molecule has 8 heavy (non-hydrogen) atoms. The first-order chi connectivity index (χ1) is 3.18. The molecule has 0 aliphatic heterocycles. The fourth-order valence-corrected chi connectivity index (χ4v) is 0.167. The van der Waals surface area contributed by atoms with Gasteiger partial charge < -0.3 is 0 Å². The zero-order valence-corrected chi connectivity index (χ0v) is 4.56. The summed E-state index contributed by atoms with van der Waals surface area (Å²) in [6.07, 6.45) is 0. The lowest BCUT2D eigenvalue weighted by atomic mass is 10.2. The van der Waals surface area contributed by atoms with Gasteiger partial charge in [-0.1, -0.05) is 21.3 Å². The zero-order chi connectivity index (χ0) is 5.86. The summed E-state index contributed by atoms with van der Waals surface area (Å²) in [6.45, 7) is 3.56. The van der Waals surface area contributed by atoms with Gasteiger partial charge >= 0.3 is 0 Å². The molecule has 0 aromatic rings. The molecule has 1 amide bonds. The summed E-state index contributed by atoms with van der Waals surface area (Å²) < 4.78 is 0. The van der Waals surface area contributed by atoms with Crippen LogP contribution < -0.4 is 11.3 Å². The minimum absolute atomic E-state index is 0. The molecule has 0 unspecified atom stereocenters. The number of hydrogen-bond donors (Lipinski definition) is 2. The number of amides is 1. The summed E-state index contributed by atoms with van der Waals surface area (Å²) >= 11 is 0. The predicted molar refractivity (Wildman–Crippen MR) is 33.9 cm³/mol. The first-order valence-corrected chi connectivity index (χ1v) is 2.19. The van der Waals surface area contributed by atoms with Gasteiger partial charge in [-0.25, -0.2) is 5.84 Å². The van der Waals surface area contributed by atoms with Crippen molar-refractivity contribution in [2.24, 2.45) is 11.8 Å². The Kier molecular flexibility index (Phi) is 5.97. The van der Waals surface area contributed by atoms with Crippen molar-refractivity contribution in [1.29, 1.82) is 0 Å². The van der Waals surface area contributed by atoms with Gasteiger partial charge in [0.25, 0.3) is 0 Å². The molecule has 0 aliphatic rings. The van der Waals surface area contributed by atoms with Crippen LogP contribution >= 0.6 is 0 Å². The summed E-state index contributed by atoms with van der Waals surface area (Å²) in [5, 5.41) is 0. The molecule has 50 valence electrons. The van der Waals surface area contributed by atoms with E-state index >= 15 is 0 Å². The lowest BCUT2D eigenvalue weighted by Crippen LogP contribution is -2.33. The van der Waals surface area contributed by atoms with E-state index in [0.29, 0.717) is 0 Å². The van der Waals surface area contributed by atoms with E-state index in [1.54, 1.807) is 13.8 Å². The van der Waals surface area contributed by atoms with Crippen LogP contribution in [0.4, 0.5) is 0 Å². The number of rotatable bonds is 1. The molecule has 0 radical (unpaired) electrons. The number of nitrogens with one attached hydrogen (secondary N) is 1. The Hall–Kier alpha value is -0.570. The summed E-state index contributed by atoms with van der Waals surface area (Å²) in [6, 6.07) is 0. The minimum Gasteiger partial charge on any atom is -0.294 e. The van der Waals surface area contributed by atoms with Crippen molar-refractivity contribution in [2.75, 3.05) is 0 Å². The molecule has 0 heterocycles. The van der Waals surface area contributed by atoms with Crippen LogP contribution in [0.25, 0.3) is 0 Å². The third-order valence-electron chi connectivity index (χ3n) is 0.667. The van der Waals surface area contributed by atoms with Crippen LogP contribution in [-0.4, -0.2) is 5.91 Å². The predicted octanol–water partition coefficient (Wildman–Crippen LogP) is 0.268. The second-order valence-electron chi connectivity index (χ2n) is 1.66. The summed E-state index contributed by atoms with van der Waals surface area (Å²) in [5.74, 6) is 4.64. The topological polar surface area (TPSA) is 55.1 Å². The molecule has 3 N–H and O–H groups in total. The highest BCUT2D eigenvalue weighted by Crippen LogP contribution is 1.86. The highest BCUT2D eigenvalue weighted by molar-refractivity contribution is 5.77. The smallest absolute Gasteiger partial charge is 0.236 e. The van der Waals surface area contributed by atoms with Gasteiger partial charge in [-0.15, -0.1) is 0 Å². The van der Waals surface area contributed by atoms with Gasteiger partial charge in [0.1, 0.15) is 0 Å². The van der Waals surface area contributed by atoms with Crippen molar-refractivity contribution < 1.29 is 4.79 Å². The van der Waals surface area contributed by atoms with Crippen LogP contribution in [0, 0.1) is 5.92 Å². The Morgan fingerprint density at radius 3 is 2.00 bits per heavy atom. The standard InChI is InChI=1S/C4H10N2O.CH4/c1-3(2)4(7)6-5;/h3H,5H2,1-2H3,(H,6,7);1H4. The first kappa shape index (κ1) is 10.4. The maximum Gasteiger partial charge on any atom is 0.236 e. The molecule has 0 aliphatic carbocycles. The van der Waals surface area contributed by atoms with Crippen LogP contribution in [0.5, 0.6) is 0 Å². The number of carbonyl (C=O) groups is 1. The number of hydrazine groups is 1. The monoisotopic (exact) mass is 118 g/mol. The molecule has 0 aromatic carbocycles. The van der Waals surface area contributed by atoms with Gasteiger partial charge in [-0.05, 0) is 0 Å². The highest BCUT2D eigenvalue weighted by Gasteiger charge is 2.00. The van der Waals surface area contributed by atoms with Crippen molar-refractivity contribution >= 4 is 5.91 Å². The van der Waals surface area contributed by atoms with E-state index in [1.807, 2.05) is 5.43 Å². The fraction of sp³-hybridized carbons (Fsp3) is 0.800. The molecular formula is C5H14N2O. The van der Waals surface area contributed by atoms with Crippen LogP contribution in [0.3, 0.4) is 0 Å². The van der Waals surface area contributed by atoms with Gasteiger partial charge in [0.2, 0.25) is 5.91 Å². The number of hydrogen-bond acceptors (Lipinski definition) is 2. The summed E-state index contributed by atoms with van der Waals surface area (Å²) in [5.41, 5.74) is 2.03. The molecule has 0 saturated carbocycles. The van der Waals surface area contributed by atoms with E-state index in [9.17, 15) is 4.79 Å². The first-order valence-electron chi connectivity index (χ1n) is 2.19. The summed E-state index contributed by atoms with van der Waals surface area (Å²) in [4.78, 5) is 10.3. The fourth-order valence-electron chi connectivity index (χ4n) is 0.167. The average Bonchev–Trinajstić information content (AvgIpc) is 1.65. The second kappa shape index (κ2) is 4.59. The van der Waals surface area contributed by atoms with E-state index in [1.165, 1.54) is 0 Å². The van der Waals surface area contributed by atoms with Crippen molar-refractivity contribution in [2.45, 2.75) is 21.3 Å². The molecule has 0 saturated heterocycles. The van der Waals surface area contributed by atoms with Gasteiger partial charge in [0.05, 0.1) is 0 Å². The van der Waals surface area contributed by atoms with Crippen LogP contribution in [0.15, 0.2) is 0 Å². The molecular weight excluding hydrogens is 104 g/mol. The molecule has 0 aromatic heterocycles. The maximum atomic E-state index is 10.3. The Balaban J connectivity index is 0. The van der Waals surface area contributed by atoms with Gasteiger partial charge in [0, 0.05) is 5.92 Å². The van der Waals surface area contributed by atoms with Gasteiger partial charge in [0.15, 0.2) is 0 Å². The van der Waals surface area contributed by atoms with Gasteiger partial charge in [-0.3, -0.25) is 10.2 Å². The highest BCUT2D eigenvalue weighted by atomic mass is 16.2. The van der Waals surface area contributed by atoms with E-state index in [-0.39, 0.29) is 19.3 Å². The largest absolute Gasteiger partial charge is 0.294 e. The lowest BCUT2D eigenvalue weighted by molar-refractivity contribution is -0.124. The SMILES string of the molecule is C.CC(C)C(=O)NN. The van der Waals surface area contributed by atoms with Crippen molar-refractivity contribution in [3.8, 4) is 0 Å². The molecule has 0 bridgehead atoms. The number of carbonyl (C=O) groups excluding carboxylic acids is 1. The molecule has 3 nitrogen and oxygen atoms in total. The quantitative estimate of drug-likeness (QED) is 0.295. The van der Waals surface area contributed by atoms with Crippen LogP contribution in [-0.2, 0) is 4.79 Å². The number of nitrogens with two attached hydrogens (primary N) is 1. The summed E-state index contributed by atoms with van der Waals surface area (Å²) in [7, 11) is 0. The lowest BCUT2D eigenvalue weighted by Gasteiger charge is -1.98. The Morgan fingerprint density at radius 2 is 2.00 bits per heavy atom. The third-order valence-corrected chi connectivity index (χ3v) is 0.667. The molecule has 0 atom stereocenters. The van der Waals surface area contributed by atoms with Crippen molar-refractivity contribution in [3.05, 3.63) is 0 Å². The molecule has 0 rings (SSSR count). The van der Waals surface area contributed by atoms with Crippen LogP contribution in [0.1, 0.15) is 21.3 Å². The van der Waals surface area contributed by atoms with E-state index in [2.05, 4.69) is 0 Å². The molecule has 0 spiro atoms. The average molecular weight is 118 g/mol. The van der Waals surface area contributed by atoms with E-state index in [4.69, 9.17) is 5.84 Å². The van der Waals surface area contributed by atoms with E-state index < -0.39 is 0 Å². The van der Waals surface area contributed by atoms with Crippen LogP contribution in [0.2, 0.25) is 0 Å². The second-order valence-corrected chi connectivity index (χ2v) is 1.66. The molecule has 3 heteroatoms. The van der Waals surface area contributed by atoms with Crippen molar-refractivity contribution in [1.82, 2.24) is 5.43 Å². The normalized spacial score (nSPS) is 8.00. The van der Waals surface area contributed by atoms with Crippen molar-refractivity contribution in [3.63, 3.8) is 0 Å². The minimum atomic E-state index is -0.125. The third kappa shape index (κ3) is 3.61.